The van der Waals surface area contributed by atoms with Gasteiger partial charge in [-0.05, 0) is 48.9 Å². The van der Waals surface area contributed by atoms with Crippen LogP contribution < -0.4 is 10.6 Å². The zero-order valence-corrected chi connectivity index (χ0v) is 13.8. The van der Waals surface area contributed by atoms with E-state index in [4.69, 9.17) is 11.6 Å². The number of benzene rings is 2. The van der Waals surface area contributed by atoms with Crippen LogP contribution in [0, 0.1) is 6.92 Å². The second-order valence-corrected chi connectivity index (χ2v) is 5.75. The third kappa shape index (κ3) is 3.91. The zero-order valence-electron chi connectivity index (χ0n) is 13.1. The molecule has 1 aromatic heterocycles. The molecule has 0 aliphatic heterocycles. The molecule has 0 fully saturated rings. The number of hydrogen-bond acceptors (Lipinski definition) is 3. The van der Waals surface area contributed by atoms with Crippen molar-refractivity contribution in [3.63, 3.8) is 0 Å². The second kappa shape index (κ2) is 7.15. The van der Waals surface area contributed by atoms with Crippen molar-refractivity contribution in [1.82, 2.24) is 4.98 Å². The van der Waals surface area contributed by atoms with Crippen LogP contribution in [-0.4, -0.2) is 10.9 Å². The van der Waals surface area contributed by atoms with E-state index in [9.17, 15) is 4.79 Å². The first kappa shape index (κ1) is 16.0. The van der Waals surface area contributed by atoms with Gasteiger partial charge in [-0.25, -0.2) is 4.98 Å². The average Bonchev–Trinajstić information content (AvgIpc) is 2.60. The number of anilines is 3. The summed E-state index contributed by atoms with van der Waals surface area (Å²) in [6.45, 7) is 1.91. The molecule has 0 radical (unpaired) electrons. The van der Waals surface area contributed by atoms with Gasteiger partial charge in [0.1, 0.15) is 5.69 Å². The lowest BCUT2D eigenvalue weighted by Gasteiger charge is -2.08. The van der Waals surface area contributed by atoms with Crippen LogP contribution >= 0.6 is 11.6 Å². The predicted octanol–water partition coefficient (Wildman–Crippen LogP) is 5.04. The third-order valence-corrected chi connectivity index (χ3v) is 3.90. The monoisotopic (exact) mass is 337 g/mol. The fourth-order valence-corrected chi connectivity index (χ4v) is 2.34. The first-order valence-electron chi connectivity index (χ1n) is 7.47. The van der Waals surface area contributed by atoms with Crippen molar-refractivity contribution in [2.45, 2.75) is 6.92 Å². The summed E-state index contributed by atoms with van der Waals surface area (Å²) in [5, 5.41) is 6.62. The molecule has 3 rings (SSSR count). The Morgan fingerprint density at radius 1 is 0.958 bits per heavy atom. The van der Waals surface area contributed by atoms with Gasteiger partial charge in [-0.3, -0.25) is 4.79 Å². The van der Waals surface area contributed by atoms with E-state index in [1.165, 1.54) is 0 Å². The topological polar surface area (TPSA) is 54.0 Å². The lowest BCUT2D eigenvalue weighted by molar-refractivity contribution is 0.102. The van der Waals surface area contributed by atoms with Crippen molar-refractivity contribution < 1.29 is 4.79 Å². The lowest BCUT2D eigenvalue weighted by Crippen LogP contribution is -2.13. The Labute approximate surface area is 145 Å². The van der Waals surface area contributed by atoms with E-state index in [0.29, 0.717) is 16.4 Å². The minimum absolute atomic E-state index is 0.277. The van der Waals surface area contributed by atoms with Crippen LogP contribution in [-0.2, 0) is 0 Å². The van der Waals surface area contributed by atoms with Gasteiger partial charge in [0.15, 0.2) is 0 Å². The van der Waals surface area contributed by atoms with E-state index < -0.39 is 0 Å². The summed E-state index contributed by atoms with van der Waals surface area (Å²) >= 11 is 6.07. The molecule has 120 valence electrons. The fraction of sp³-hybridized carbons (Fsp3) is 0.0526. The first-order valence-corrected chi connectivity index (χ1v) is 7.85. The van der Waals surface area contributed by atoms with E-state index in [2.05, 4.69) is 15.6 Å². The SMILES string of the molecule is Cc1ccc(NC(=O)c2ccc(Nc3ccccc3)cn2)cc1Cl. The molecular weight excluding hydrogens is 322 g/mol. The van der Waals surface area contributed by atoms with Crippen LogP contribution in [0.2, 0.25) is 5.02 Å². The van der Waals surface area contributed by atoms with Crippen LogP contribution in [0.25, 0.3) is 0 Å². The molecule has 5 heteroatoms. The Balaban J connectivity index is 1.68. The summed E-state index contributed by atoms with van der Waals surface area (Å²) in [4.78, 5) is 16.4. The minimum atomic E-state index is -0.277. The lowest BCUT2D eigenvalue weighted by atomic mass is 10.2. The van der Waals surface area contributed by atoms with Gasteiger partial charge in [-0.15, -0.1) is 0 Å². The molecule has 0 atom stereocenters. The van der Waals surface area contributed by atoms with Gasteiger partial charge in [0.05, 0.1) is 11.9 Å². The number of aromatic nitrogens is 1. The molecule has 0 aliphatic carbocycles. The number of hydrogen-bond donors (Lipinski definition) is 2. The van der Waals surface area contributed by atoms with Crippen molar-refractivity contribution in [2.24, 2.45) is 0 Å². The van der Waals surface area contributed by atoms with Crippen molar-refractivity contribution in [3.05, 3.63) is 83.1 Å². The maximum atomic E-state index is 12.2. The number of para-hydroxylation sites is 1. The number of pyridine rings is 1. The van der Waals surface area contributed by atoms with E-state index in [1.807, 2.05) is 55.5 Å². The Morgan fingerprint density at radius 2 is 1.71 bits per heavy atom. The molecule has 3 aromatic rings. The Kier molecular flexibility index (Phi) is 4.77. The summed E-state index contributed by atoms with van der Waals surface area (Å²) in [5.41, 5.74) is 3.72. The number of halogens is 1. The van der Waals surface area contributed by atoms with Gasteiger partial charge in [0.2, 0.25) is 0 Å². The van der Waals surface area contributed by atoms with E-state index in [0.717, 1.165) is 16.9 Å². The average molecular weight is 338 g/mol. The van der Waals surface area contributed by atoms with Crippen molar-refractivity contribution in [1.29, 1.82) is 0 Å². The number of amides is 1. The van der Waals surface area contributed by atoms with Gasteiger partial charge in [0, 0.05) is 16.4 Å². The zero-order chi connectivity index (χ0) is 16.9. The highest BCUT2D eigenvalue weighted by Gasteiger charge is 2.08. The van der Waals surface area contributed by atoms with Crippen LogP contribution in [0.1, 0.15) is 16.1 Å². The quantitative estimate of drug-likeness (QED) is 0.701. The van der Waals surface area contributed by atoms with Gasteiger partial charge < -0.3 is 10.6 Å². The smallest absolute Gasteiger partial charge is 0.274 e. The number of nitrogens with one attached hydrogen (secondary N) is 2. The van der Waals surface area contributed by atoms with Crippen LogP contribution in [0.15, 0.2) is 66.9 Å². The molecule has 24 heavy (non-hydrogen) atoms. The number of carbonyl (C=O) groups is 1. The van der Waals surface area contributed by atoms with Crippen LogP contribution in [0.5, 0.6) is 0 Å². The molecule has 1 amide bonds. The Morgan fingerprint density at radius 3 is 2.38 bits per heavy atom. The maximum Gasteiger partial charge on any atom is 0.274 e. The van der Waals surface area contributed by atoms with Crippen molar-refractivity contribution >= 4 is 34.6 Å². The van der Waals surface area contributed by atoms with E-state index in [-0.39, 0.29) is 5.91 Å². The summed E-state index contributed by atoms with van der Waals surface area (Å²) in [6, 6.07) is 18.7. The molecule has 0 saturated carbocycles. The van der Waals surface area contributed by atoms with Crippen LogP contribution in [0.4, 0.5) is 17.1 Å². The van der Waals surface area contributed by atoms with Gasteiger partial charge in [0.25, 0.3) is 5.91 Å². The maximum absolute atomic E-state index is 12.2. The van der Waals surface area contributed by atoms with E-state index >= 15 is 0 Å². The molecule has 0 saturated heterocycles. The first-order chi connectivity index (χ1) is 11.6. The molecule has 0 unspecified atom stereocenters. The van der Waals surface area contributed by atoms with Crippen LogP contribution in [0.3, 0.4) is 0 Å². The predicted molar refractivity (Wildman–Crippen MR) is 98.1 cm³/mol. The summed E-state index contributed by atoms with van der Waals surface area (Å²) in [7, 11) is 0. The van der Waals surface area contributed by atoms with Gasteiger partial charge in [-0.2, -0.15) is 0 Å². The van der Waals surface area contributed by atoms with Crippen molar-refractivity contribution in [2.75, 3.05) is 10.6 Å². The summed E-state index contributed by atoms with van der Waals surface area (Å²) in [6.07, 6.45) is 1.63. The fourth-order valence-electron chi connectivity index (χ4n) is 2.16. The van der Waals surface area contributed by atoms with Crippen molar-refractivity contribution in [3.8, 4) is 0 Å². The molecular formula is C19H16ClN3O. The minimum Gasteiger partial charge on any atom is -0.354 e. The van der Waals surface area contributed by atoms with E-state index in [1.54, 1.807) is 18.3 Å². The highest BCUT2D eigenvalue weighted by molar-refractivity contribution is 6.31. The Bertz CT molecular complexity index is 848. The highest BCUT2D eigenvalue weighted by Crippen LogP contribution is 2.20. The molecule has 2 aromatic carbocycles. The molecule has 0 bridgehead atoms. The molecule has 0 aliphatic rings. The number of rotatable bonds is 4. The van der Waals surface area contributed by atoms with Gasteiger partial charge in [-0.1, -0.05) is 35.9 Å². The van der Waals surface area contributed by atoms with Gasteiger partial charge >= 0.3 is 0 Å². The summed E-state index contributed by atoms with van der Waals surface area (Å²) in [5.74, 6) is -0.277. The Hall–Kier alpha value is -2.85. The summed E-state index contributed by atoms with van der Waals surface area (Å²) < 4.78 is 0. The standard InChI is InChI=1S/C19H16ClN3O/c1-13-7-8-15(11-17(13)20)23-19(24)18-10-9-16(12-21-18)22-14-5-3-2-4-6-14/h2-12,22H,1H3,(H,23,24). The second-order valence-electron chi connectivity index (χ2n) is 5.34. The number of nitrogens with zero attached hydrogens (tertiary/aromatic N) is 1. The number of carbonyl (C=O) groups excluding carboxylic acids is 1. The normalized spacial score (nSPS) is 10.2. The largest absolute Gasteiger partial charge is 0.354 e. The molecule has 4 nitrogen and oxygen atoms in total. The number of aryl methyl sites for hydroxylation is 1. The molecule has 1 heterocycles. The highest BCUT2D eigenvalue weighted by atomic mass is 35.5. The third-order valence-electron chi connectivity index (χ3n) is 3.49. The molecule has 0 spiro atoms. The molecule has 2 N–H and O–H groups in total.